The molecule has 2 aliphatic rings. The summed E-state index contributed by atoms with van der Waals surface area (Å²) < 4.78 is 1.21. The molecule has 2 fully saturated rings. The van der Waals surface area contributed by atoms with E-state index in [1.54, 1.807) is 0 Å². The largest absolute Gasteiger partial charge is 0.369 e. The molecule has 2 aliphatic heterocycles. The van der Waals surface area contributed by atoms with Crippen molar-refractivity contribution in [3.05, 3.63) is 28.2 Å². The van der Waals surface area contributed by atoms with Crippen LogP contribution in [-0.4, -0.2) is 50.2 Å². The molecule has 1 aromatic carbocycles. The van der Waals surface area contributed by atoms with Gasteiger partial charge in [0, 0.05) is 55.5 Å². The number of rotatable bonds is 1. The molecule has 0 bridgehead atoms. The van der Waals surface area contributed by atoms with Gasteiger partial charge < -0.3 is 10.2 Å². The Morgan fingerprint density at radius 3 is 3.00 bits per heavy atom. The molecular formula is C14H20BrN3. The number of hydrogen-bond donors (Lipinski definition) is 1. The van der Waals surface area contributed by atoms with Crippen LogP contribution in [0.5, 0.6) is 0 Å². The van der Waals surface area contributed by atoms with Crippen LogP contribution in [0.1, 0.15) is 5.56 Å². The third-order valence-corrected chi connectivity index (χ3v) is 4.94. The molecule has 2 saturated heterocycles. The Bertz CT molecular complexity index is 435. The van der Waals surface area contributed by atoms with Gasteiger partial charge in [0.1, 0.15) is 0 Å². The summed E-state index contributed by atoms with van der Waals surface area (Å²) in [6, 6.07) is 7.37. The first-order chi connectivity index (χ1) is 8.74. The summed E-state index contributed by atoms with van der Waals surface area (Å²) in [6.07, 6.45) is 0. The molecule has 0 saturated carbocycles. The molecule has 0 spiro atoms. The standard InChI is InChI=1S/C14H20BrN3/c1-11-2-3-12(8-14(11)15)18-7-6-17-5-4-16-9-13(17)10-18/h2-3,8,13,16H,4-7,9-10H2,1H3. The monoisotopic (exact) mass is 309 g/mol. The fourth-order valence-electron chi connectivity index (χ4n) is 2.89. The molecule has 0 radical (unpaired) electrons. The first kappa shape index (κ1) is 12.5. The van der Waals surface area contributed by atoms with Gasteiger partial charge in [-0.25, -0.2) is 0 Å². The second-order valence-corrected chi connectivity index (χ2v) is 6.13. The molecule has 1 aromatic rings. The van der Waals surface area contributed by atoms with Gasteiger partial charge in [0.25, 0.3) is 0 Å². The molecule has 0 amide bonds. The van der Waals surface area contributed by atoms with E-state index >= 15 is 0 Å². The zero-order valence-electron chi connectivity index (χ0n) is 10.8. The van der Waals surface area contributed by atoms with Crippen molar-refractivity contribution in [1.29, 1.82) is 0 Å². The van der Waals surface area contributed by atoms with Gasteiger partial charge in [0.05, 0.1) is 0 Å². The van der Waals surface area contributed by atoms with Gasteiger partial charge in [-0.05, 0) is 24.6 Å². The van der Waals surface area contributed by atoms with Crippen molar-refractivity contribution >= 4 is 21.6 Å². The SMILES string of the molecule is Cc1ccc(N2CCN3CCNCC3C2)cc1Br. The van der Waals surface area contributed by atoms with E-state index in [0.717, 1.165) is 26.2 Å². The van der Waals surface area contributed by atoms with Gasteiger partial charge in [-0.1, -0.05) is 22.0 Å². The summed E-state index contributed by atoms with van der Waals surface area (Å²) in [5.41, 5.74) is 2.65. The van der Waals surface area contributed by atoms with Crippen LogP contribution in [0.15, 0.2) is 22.7 Å². The zero-order valence-corrected chi connectivity index (χ0v) is 12.4. The van der Waals surface area contributed by atoms with Crippen molar-refractivity contribution in [2.75, 3.05) is 44.2 Å². The highest BCUT2D eigenvalue weighted by Crippen LogP contribution is 2.25. The molecule has 2 heterocycles. The van der Waals surface area contributed by atoms with Gasteiger partial charge in [0.15, 0.2) is 0 Å². The first-order valence-corrected chi connectivity index (χ1v) is 7.49. The Balaban J connectivity index is 1.75. The number of benzene rings is 1. The number of aryl methyl sites for hydroxylation is 1. The molecule has 98 valence electrons. The topological polar surface area (TPSA) is 18.5 Å². The predicted octanol–water partition coefficient (Wildman–Crippen LogP) is 1.85. The normalized spacial score (nSPS) is 25.0. The number of halogens is 1. The van der Waals surface area contributed by atoms with Crippen LogP contribution in [0.2, 0.25) is 0 Å². The molecule has 1 unspecified atom stereocenters. The van der Waals surface area contributed by atoms with Gasteiger partial charge in [-0.2, -0.15) is 0 Å². The van der Waals surface area contributed by atoms with E-state index in [1.165, 1.54) is 28.8 Å². The van der Waals surface area contributed by atoms with Crippen molar-refractivity contribution in [2.45, 2.75) is 13.0 Å². The Morgan fingerprint density at radius 2 is 2.17 bits per heavy atom. The van der Waals surface area contributed by atoms with Crippen LogP contribution in [0.25, 0.3) is 0 Å². The van der Waals surface area contributed by atoms with Crippen LogP contribution in [0, 0.1) is 6.92 Å². The van der Waals surface area contributed by atoms with Crippen molar-refractivity contribution in [2.24, 2.45) is 0 Å². The van der Waals surface area contributed by atoms with Crippen LogP contribution in [0.4, 0.5) is 5.69 Å². The van der Waals surface area contributed by atoms with Crippen molar-refractivity contribution < 1.29 is 0 Å². The summed E-state index contributed by atoms with van der Waals surface area (Å²) in [4.78, 5) is 5.13. The summed E-state index contributed by atoms with van der Waals surface area (Å²) >= 11 is 3.63. The lowest BCUT2D eigenvalue weighted by Gasteiger charge is -2.45. The number of nitrogens with zero attached hydrogens (tertiary/aromatic N) is 2. The number of piperazine rings is 2. The second kappa shape index (κ2) is 5.19. The fourth-order valence-corrected chi connectivity index (χ4v) is 3.25. The van der Waals surface area contributed by atoms with E-state index in [2.05, 4.69) is 56.2 Å². The van der Waals surface area contributed by atoms with E-state index < -0.39 is 0 Å². The maximum absolute atomic E-state index is 3.63. The maximum atomic E-state index is 3.63. The summed E-state index contributed by atoms with van der Waals surface area (Å²) in [5.74, 6) is 0. The summed E-state index contributed by atoms with van der Waals surface area (Å²) in [5, 5.41) is 3.50. The van der Waals surface area contributed by atoms with Gasteiger partial charge >= 0.3 is 0 Å². The molecule has 3 rings (SSSR count). The quantitative estimate of drug-likeness (QED) is 0.854. The highest BCUT2D eigenvalue weighted by atomic mass is 79.9. The average molecular weight is 310 g/mol. The molecule has 3 nitrogen and oxygen atoms in total. The lowest BCUT2D eigenvalue weighted by molar-refractivity contribution is 0.146. The second-order valence-electron chi connectivity index (χ2n) is 5.27. The highest BCUT2D eigenvalue weighted by molar-refractivity contribution is 9.10. The molecule has 0 aromatic heterocycles. The van der Waals surface area contributed by atoms with Crippen molar-refractivity contribution in [3.8, 4) is 0 Å². The molecule has 18 heavy (non-hydrogen) atoms. The number of anilines is 1. The summed E-state index contributed by atoms with van der Waals surface area (Å²) in [6.45, 7) is 9.09. The van der Waals surface area contributed by atoms with Crippen LogP contribution in [-0.2, 0) is 0 Å². The minimum absolute atomic E-state index is 0.674. The predicted molar refractivity (Wildman–Crippen MR) is 79.3 cm³/mol. The van der Waals surface area contributed by atoms with Gasteiger partial charge in [-0.15, -0.1) is 0 Å². The third-order valence-electron chi connectivity index (χ3n) is 4.08. The molecule has 0 aliphatic carbocycles. The highest BCUT2D eigenvalue weighted by Gasteiger charge is 2.28. The molecule has 1 atom stereocenters. The summed E-state index contributed by atoms with van der Waals surface area (Å²) in [7, 11) is 0. The minimum Gasteiger partial charge on any atom is -0.369 e. The number of nitrogens with one attached hydrogen (secondary N) is 1. The van der Waals surface area contributed by atoms with E-state index in [9.17, 15) is 0 Å². The van der Waals surface area contributed by atoms with Crippen molar-refractivity contribution in [1.82, 2.24) is 10.2 Å². The third kappa shape index (κ3) is 2.42. The lowest BCUT2D eigenvalue weighted by Crippen LogP contribution is -2.61. The Morgan fingerprint density at radius 1 is 1.28 bits per heavy atom. The molecule has 4 heteroatoms. The first-order valence-electron chi connectivity index (χ1n) is 6.70. The van der Waals surface area contributed by atoms with E-state index in [0.29, 0.717) is 6.04 Å². The molecular weight excluding hydrogens is 290 g/mol. The molecule has 1 N–H and O–H groups in total. The van der Waals surface area contributed by atoms with E-state index in [4.69, 9.17) is 0 Å². The van der Waals surface area contributed by atoms with E-state index in [-0.39, 0.29) is 0 Å². The Labute approximate surface area is 117 Å². The number of fused-ring (bicyclic) bond motifs is 1. The van der Waals surface area contributed by atoms with Crippen molar-refractivity contribution in [3.63, 3.8) is 0 Å². The number of hydrogen-bond acceptors (Lipinski definition) is 3. The average Bonchev–Trinajstić information content (AvgIpc) is 2.41. The minimum atomic E-state index is 0.674. The maximum Gasteiger partial charge on any atom is 0.0397 e. The smallest absolute Gasteiger partial charge is 0.0397 e. The van der Waals surface area contributed by atoms with E-state index in [1.807, 2.05) is 0 Å². The van der Waals surface area contributed by atoms with Crippen LogP contribution >= 0.6 is 15.9 Å². The van der Waals surface area contributed by atoms with Gasteiger partial charge in [0.2, 0.25) is 0 Å². The van der Waals surface area contributed by atoms with Crippen LogP contribution in [0.3, 0.4) is 0 Å². The van der Waals surface area contributed by atoms with Gasteiger partial charge in [-0.3, -0.25) is 4.90 Å². The Kier molecular flexibility index (Phi) is 3.59. The zero-order chi connectivity index (χ0) is 12.5. The lowest BCUT2D eigenvalue weighted by atomic mass is 10.1. The van der Waals surface area contributed by atoms with Crippen LogP contribution < -0.4 is 10.2 Å². The fraction of sp³-hybridized carbons (Fsp3) is 0.571. The Hall–Kier alpha value is -0.580.